The monoisotopic (exact) mass is 361 g/mol. The normalized spacial score (nSPS) is 17.4. The summed E-state index contributed by atoms with van der Waals surface area (Å²) in [5.41, 5.74) is 0. The zero-order valence-corrected chi connectivity index (χ0v) is 14.2. The minimum atomic E-state index is -3.53. The van der Waals surface area contributed by atoms with Gasteiger partial charge in [-0.2, -0.15) is 4.31 Å². The number of hydrogen-bond acceptors (Lipinski definition) is 4. The number of halogens is 1. The van der Waals surface area contributed by atoms with E-state index in [1.54, 1.807) is 26.4 Å². The molecule has 1 aromatic heterocycles. The number of hydrogen-bond donors (Lipinski definition) is 1. The lowest BCUT2D eigenvalue weighted by molar-refractivity contribution is 0.286. The summed E-state index contributed by atoms with van der Waals surface area (Å²) in [6.45, 7) is 0. The van der Waals surface area contributed by atoms with Gasteiger partial charge in [-0.15, -0.1) is 0 Å². The molecule has 112 valence electrons. The largest absolute Gasteiger partial charge is 0.372 e. The average Bonchev–Trinajstić information content (AvgIpc) is 2.47. The Morgan fingerprint density at radius 3 is 2.60 bits per heavy atom. The third-order valence-corrected chi connectivity index (χ3v) is 6.16. The van der Waals surface area contributed by atoms with E-state index in [-0.39, 0.29) is 10.9 Å². The van der Waals surface area contributed by atoms with Crippen molar-refractivity contribution >= 4 is 31.8 Å². The maximum Gasteiger partial charge on any atom is 0.246 e. The summed E-state index contributed by atoms with van der Waals surface area (Å²) < 4.78 is 27.7. The highest BCUT2D eigenvalue weighted by Gasteiger charge is 2.31. The van der Waals surface area contributed by atoms with Crippen molar-refractivity contribution in [3.05, 3.63) is 16.7 Å². The van der Waals surface area contributed by atoms with Crippen LogP contribution in [0.15, 0.2) is 21.6 Å². The summed E-state index contributed by atoms with van der Waals surface area (Å²) in [6, 6.07) is 1.70. The summed E-state index contributed by atoms with van der Waals surface area (Å²) in [4.78, 5) is 4.35. The van der Waals surface area contributed by atoms with Gasteiger partial charge in [-0.05, 0) is 34.8 Å². The molecule has 1 fully saturated rings. The van der Waals surface area contributed by atoms with Crippen molar-refractivity contribution in [3.8, 4) is 0 Å². The first-order chi connectivity index (χ1) is 9.46. The highest BCUT2D eigenvalue weighted by atomic mass is 79.9. The Balaban J connectivity index is 2.36. The fourth-order valence-corrected chi connectivity index (χ4v) is 4.67. The molecule has 1 N–H and O–H groups in total. The van der Waals surface area contributed by atoms with Crippen molar-refractivity contribution in [1.82, 2.24) is 9.29 Å². The summed E-state index contributed by atoms with van der Waals surface area (Å²) in [5.74, 6) is 0.385. The van der Waals surface area contributed by atoms with Gasteiger partial charge in [0.15, 0.2) is 0 Å². The van der Waals surface area contributed by atoms with Crippen LogP contribution in [0.2, 0.25) is 0 Å². The highest BCUT2D eigenvalue weighted by Crippen LogP contribution is 2.30. The van der Waals surface area contributed by atoms with E-state index in [2.05, 4.69) is 26.2 Å². The lowest BCUT2D eigenvalue weighted by Gasteiger charge is -2.30. The number of sulfonamides is 1. The van der Waals surface area contributed by atoms with Crippen LogP contribution >= 0.6 is 15.9 Å². The lowest BCUT2D eigenvalue weighted by atomic mass is 9.96. The van der Waals surface area contributed by atoms with E-state index in [1.165, 1.54) is 10.7 Å². The molecule has 1 heterocycles. The molecule has 0 spiro atoms. The molecular weight excluding hydrogens is 342 g/mol. The molecule has 0 atom stereocenters. The molecule has 0 saturated heterocycles. The van der Waals surface area contributed by atoms with Crippen molar-refractivity contribution in [1.29, 1.82) is 0 Å². The van der Waals surface area contributed by atoms with E-state index in [4.69, 9.17) is 0 Å². The van der Waals surface area contributed by atoms with Gasteiger partial charge in [0, 0.05) is 30.8 Å². The van der Waals surface area contributed by atoms with E-state index >= 15 is 0 Å². The van der Waals surface area contributed by atoms with E-state index in [0.29, 0.717) is 10.3 Å². The van der Waals surface area contributed by atoms with Crippen LogP contribution in [-0.2, 0) is 10.0 Å². The predicted octanol–water partition coefficient (Wildman–Crippen LogP) is 2.84. The molecule has 1 aromatic rings. The Hall–Kier alpha value is -0.660. The molecule has 0 aliphatic heterocycles. The van der Waals surface area contributed by atoms with E-state index in [1.807, 2.05) is 0 Å². The maximum atomic E-state index is 12.8. The van der Waals surface area contributed by atoms with Gasteiger partial charge >= 0.3 is 0 Å². The van der Waals surface area contributed by atoms with Crippen LogP contribution in [0.3, 0.4) is 0 Å². The summed E-state index contributed by atoms with van der Waals surface area (Å²) >= 11 is 3.29. The Morgan fingerprint density at radius 1 is 1.35 bits per heavy atom. The minimum absolute atomic E-state index is 0.0948. The van der Waals surface area contributed by atoms with Gasteiger partial charge in [-0.3, -0.25) is 0 Å². The molecule has 0 bridgehead atoms. The third kappa shape index (κ3) is 3.15. The van der Waals surface area contributed by atoms with Crippen molar-refractivity contribution in [2.24, 2.45) is 0 Å². The first kappa shape index (κ1) is 15.7. The Morgan fingerprint density at radius 2 is 2.00 bits per heavy atom. The van der Waals surface area contributed by atoms with E-state index in [0.717, 1.165) is 25.7 Å². The van der Waals surface area contributed by atoms with E-state index in [9.17, 15) is 8.42 Å². The van der Waals surface area contributed by atoms with Crippen LogP contribution in [0.5, 0.6) is 0 Å². The first-order valence-electron chi connectivity index (χ1n) is 6.78. The zero-order valence-electron chi connectivity index (χ0n) is 11.8. The minimum Gasteiger partial charge on any atom is -0.372 e. The number of anilines is 1. The second-order valence-electron chi connectivity index (χ2n) is 5.06. The van der Waals surface area contributed by atoms with Crippen LogP contribution in [-0.4, -0.2) is 37.8 Å². The fourth-order valence-electron chi connectivity index (χ4n) is 2.60. The van der Waals surface area contributed by atoms with Crippen LogP contribution < -0.4 is 5.32 Å². The summed E-state index contributed by atoms with van der Waals surface area (Å²) in [7, 11) is -0.177. The average molecular weight is 362 g/mol. The smallest absolute Gasteiger partial charge is 0.246 e. The van der Waals surface area contributed by atoms with Gasteiger partial charge in [0.2, 0.25) is 10.0 Å². The third-order valence-electron chi connectivity index (χ3n) is 3.80. The van der Waals surface area contributed by atoms with Crippen LogP contribution in [0.4, 0.5) is 5.82 Å². The molecule has 5 nitrogen and oxygen atoms in total. The van der Waals surface area contributed by atoms with Crippen LogP contribution in [0, 0.1) is 0 Å². The van der Waals surface area contributed by atoms with Crippen molar-refractivity contribution < 1.29 is 8.42 Å². The van der Waals surface area contributed by atoms with Crippen LogP contribution in [0.25, 0.3) is 0 Å². The maximum absolute atomic E-state index is 12.8. The number of pyridine rings is 1. The van der Waals surface area contributed by atoms with Gasteiger partial charge in [-0.25, -0.2) is 13.4 Å². The molecule has 0 unspecified atom stereocenters. The van der Waals surface area contributed by atoms with Gasteiger partial charge in [-0.1, -0.05) is 19.3 Å². The van der Waals surface area contributed by atoms with Gasteiger partial charge in [0.1, 0.15) is 10.7 Å². The van der Waals surface area contributed by atoms with Crippen molar-refractivity contribution in [2.75, 3.05) is 19.4 Å². The molecule has 7 heteroatoms. The SMILES string of the molecule is CNc1ncc(Br)cc1S(=O)(=O)N(C)C1CCCCC1. The number of nitrogens with one attached hydrogen (secondary N) is 1. The first-order valence-corrected chi connectivity index (χ1v) is 9.01. The molecule has 2 rings (SSSR count). The second kappa shape index (κ2) is 6.41. The molecule has 0 amide bonds. The zero-order chi connectivity index (χ0) is 14.8. The van der Waals surface area contributed by atoms with Gasteiger partial charge in [0.05, 0.1) is 0 Å². The quantitative estimate of drug-likeness (QED) is 0.895. The predicted molar refractivity (Wildman–Crippen MR) is 83.3 cm³/mol. The second-order valence-corrected chi connectivity index (χ2v) is 7.94. The number of aromatic nitrogens is 1. The summed E-state index contributed by atoms with van der Waals surface area (Å²) in [6.07, 6.45) is 6.86. The molecule has 1 aliphatic carbocycles. The molecule has 20 heavy (non-hydrogen) atoms. The van der Waals surface area contributed by atoms with Crippen molar-refractivity contribution in [2.45, 2.75) is 43.0 Å². The Kier molecular flexibility index (Phi) is 5.04. The number of rotatable bonds is 4. The topological polar surface area (TPSA) is 62.3 Å². The standard InChI is InChI=1S/C13H20BrN3O2S/c1-15-13-12(8-10(14)9-16-13)20(18,19)17(2)11-6-4-3-5-7-11/h8-9,11H,3-7H2,1-2H3,(H,15,16). The highest BCUT2D eigenvalue weighted by molar-refractivity contribution is 9.10. The molecule has 1 saturated carbocycles. The summed E-state index contributed by atoms with van der Waals surface area (Å²) in [5, 5.41) is 2.85. The van der Waals surface area contributed by atoms with Crippen molar-refractivity contribution in [3.63, 3.8) is 0 Å². The Labute approximate surface area is 129 Å². The van der Waals surface area contributed by atoms with Gasteiger partial charge in [0.25, 0.3) is 0 Å². The lowest BCUT2D eigenvalue weighted by Crippen LogP contribution is -2.38. The molecule has 0 aromatic carbocycles. The molecular formula is C13H20BrN3O2S. The molecule has 1 aliphatic rings. The van der Waals surface area contributed by atoms with Crippen LogP contribution in [0.1, 0.15) is 32.1 Å². The van der Waals surface area contributed by atoms with E-state index < -0.39 is 10.0 Å². The number of nitrogens with zero attached hydrogens (tertiary/aromatic N) is 2. The fraction of sp³-hybridized carbons (Fsp3) is 0.615. The molecule has 0 radical (unpaired) electrons. The van der Waals surface area contributed by atoms with Gasteiger partial charge < -0.3 is 5.32 Å². The Bertz CT molecular complexity index is 571.